The highest BCUT2D eigenvalue weighted by Crippen LogP contribution is 2.15. The molecule has 0 fully saturated rings. The predicted octanol–water partition coefficient (Wildman–Crippen LogP) is 2.16. The van der Waals surface area contributed by atoms with Crippen LogP contribution in [-0.4, -0.2) is 0 Å². The SMILES string of the molecule is N#CC[n+]1cccc(-c2ccccc2)c1. The summed E-state index contributed by atoms with van der Waals surface area (Å²) in [6.07, 6.45) is 3.88. The smallest absolute Gasteiger partial charge is 0.191 e. The number of hydrogen-bond acceptors (Lipinski definition) is 1. The molecule has 0 spiro atoms. The zero-order valence-corrected chi connectivity index (χ0v) is 8.30. The van der Waals surface area contributed by atoms with E-state index < -0.39 is 0 Å². The van der Waals surface area contributed by atoms with E-state index in [-0.39, 0.29) is 0 Å². The average Bonchev–Trinajstić information content (AvgIpc) is 2.31. The Morgan fingerprint density at radius 2 is 1.73 bits per heavy atom. The maximum Gasteiger partial charge on any atom is 0.233 e. The molecule has 1 aromatic carbocycles. The van der Waals surface area contributed by atoms with Crippen LogP contribution >= 0.6 is 0 Å². The van der Waals surface area contributed by atoms with E-state index in [1.54, 1.807) is 0 Å². The number of nitrogens with zero attached hydrogens (tertiary/aromatic N) is 2. The summed E-state index contributed by atoms with van der Waals surface area (Å²) in [5, 5.41) is 8.61. The molecule has 72 valence electrons. The fourth-order valence-electron chi connectivity index (χ4n) is 1.50. The summed E-state index contributed by atoms with van der Waals surface area (Å²) in [5.41, 5.74) is 2.30. The molecule has 2 heteroatoms. The minimum Gasteiger partial charge on any atom is -0.191 e. The number of aromatic nitrogens is 1. The summed E-state index contributed by atoms with van der Waals surface area (Å²) in [6.45, 7) is 0.390. The van der Waals surface area contributed by atoms with Crippen molar-refractivity contribution in [3.05, 3.63) is 54.9 Å². The van der Waals surface area contributed by atoms with Crippen LogP contribution < -0.4 is 4.57 Å². The van der Waals surface area contributed by atoms with Crippen LogP contribution in [0.1, 0.15) is 0 Å². The first-order chi connectivity index (χ1) is 7.40. The molecule has 0 N–H and O–H groups in total. The van der Waals surface area contributed by atoms with E-state index in [0.717, 1.165) is 5.56 Å². The summed E-state index contributed by atoms with van der Waals surface area (Å²) < 4.78 is 1.88. The molecule has 0 radical (unpaired) electrons. The zero-order chi connectivity index (χ0) is 10.5. The Balaban J connectivity index is 2.38. The van der Waals surface area contributed by atoms with E-state index in [0.29, 0.717) is 6.54 Å². The van der Waals surface area contributed by atoms with Crippen LogP contribution in [0.4, 0.5) is 0 Å². The molecular weight excluding hydrogens is 184 g/mol. The summed E-state index contributed by atoms with van der Waals surface area (Å²) >= 11 is 0. The molecule has 1 heterocycles. The van der Waals surface area contributed by atoms with E-state index in [1.807, 2.05) is 47.3 Å². The molecule has 0 atom stereocenters. The largest absolute Gasteiger partial charge is 0.233 e. The van der Waals surface area contributed by atoms with Crippen molar-refractivity contribution in [3.8, 4) is 17.2 Å². The Labute approximate surface area is 89.0 Å². The first-order valence-corrected chi connectivity index (χ1v) is 4.81. The predicted molar refractivity (Wildman–Crippen MR) is 57.7 cm³/mol. The van der Waals surface area contributed by atoms with Crippen LogP contribution in [0.5, 0.6) is 0 Å². The van der Waals surface area contributed by atoms with E-state index in [1.165, 1.54) is 5.56 Å². The molecule has 2 nitrogen and oxygen atoms in total. The van der Waals surface area contributed by atoms with Crippen molar-refractivity contribution in [1.29, 1.82) is 5.26 Å². The quantitative estimate of drug-likeness (QED) is 0.675. The Kier molecular flexibility index (Phi) is 2.75. The van der Waals surface area contributed by atoms with Crippen molar-refractivity contribution in [1.82, 2.24) is 0 Å². The third-order valence-corrected chi connectivity index (χ3v) is 2.22. The van der Waals surface area contributed by atoms with Gasteiger partial charge in [-0.05, 0) is 11.6 Å². The highest BCUT2D eigenvalue weighted by atomic mass is 14.9. The van der Waals surface area contributed by atoms with Gasteiger partial charge < -0.3 is 0 Å². The van der Waals surface area contributed by atoms with E-state index in [2.05, 4.69) is 18.2 Å². The molecule has 0 aliphatic carbocycles. The van der Waals surface area contributed by atoms with Crippen LogP contribution in [0.15, 0.2) is 54.9 Å². The van der Waals surface area contributed by atoms with E-state index >= 15 is 0 Å². The van der Waals surface area contributed by atoms with Crippen LogP contribution in [-0.2, 0) is 6.54 Å². The third kappa shape index (κ3) is 2.21. The minimum atomic E-state index is 0.390. The number of nitriles is 1. The number of pyridine rings is 1. The fraction of sp³-hybridized carbons (Fsp3) is 0.0769. The first kappa shape index (κ1) is 9.42. The second-order valence-corrected chi connectivity index (χ2v) is 3.29. The standard InChI is InChI=1S/C13H11N2/c14-8-10-15-9-4-7-13(11-15)12-5-2-1-3-6-12/h1-7,9,11H,10H2/q+1. The molecule has 0 aliphatic heterocycles. The van der Waals surface area contributed by atoms with Crippen molar-refractivity contribution in [2.45, 2.75) is 6.54 Å². The zero-order valence-electron chi connectivity index (χ0n) is 8.30. The molecule has 0 unspecified atom stereocenters. The Morgan fingerprint density at radius 3 is 2.47 bits per heavy atom. The maximum atomic E-state index is 8.61. The molecule has 0 aliphatic rings. The molecule has 0 amide bonds. The molecule has 0 saturated carbocycles. The summed E-state index contributed by atoms with van der Waals surface area (Å²) in [6, 6.07) is 16.3. The van der Waals surface area contributed by atoms with Crippen LogP contribution in [0, 0.1) is 11.3 Å². The first-order valence-electron chi connectivity index (χ1n) is 4.81. The molecule has 2 rings (SSSR count). The van der Waals surface area contributed by atoms with Gasteiger partial charge in [0, 0.05) is 11.6 Å². The minimum absolute atomic E-state index is 0.390. The lowest BCUT2D eigenvalue weighted by Crippen LogP contribution is -2.31. The van der Waals surface area contributed by atoms with Crippen LogP contribution in [0.2, 0.25) is 0 Å². The molecular formula is C13H11N2+. The lowest BCUT2D eigenvalue weighted by atomic mass is 10.1. The Hall–Kier alpha value is -2.14. The van der Waals surface area contributed by atoms with Gasteiger partial charge in [-0.25, -0.2) is 0 Å². The van der Waals surface area contributed by atoms with Gasteiger partial charge in [0.2, 0.25) is 6.54 Å². The molecule has 15 heavy (non-hydrogen) atoms. The summed E-state index contributed by atoms with van der Waals surface area (Å²) in [5.74, 6) is 0. The Morgan fingerprint density at radius 1 is 1.00 bits per heavy atom. The number of rotatable bonds is 2. The normalized spacial score (nSPS) is 9.53. The summed E-state index contributed by atoms with van der Waals surface area (Å²) in [7, 11) is 0. The van der Waals surface area contributed by atoms with Gasteiger partial charge in [-0.3, -0.25) is 0 Å². The van der Waals surface area contributed by atoms with Gasteiger partial charge in [0.05, 0.1) is 0 Å². The van der Waals surface area contributed by atoms with Gasteiger partial charge in [0.25, 0.3) is 0 Å². The van der Waals surface area contributed by atoms with Gasteiger partial charge in [-0.15, -0.1) is 0 Å². The fourth-order valence-corrected chi connectivity index (χ4v) is 1.50. The van der Waals surface area contributed by atoms with Crippen molar-refractivity contribution in [2.75, 3.05) is 0 Å². The van der Waals surface area contributed by atoms with Gasteiger partial charge in [-0.2, -0.15) is 9.83 Å². The lowest BCUT2D eigenvalue weighted by molar-refractivity contribution is -0.684. The number of hydrogen-bond donors (Lipinski definition) is 0. The van der Waals surface area contributed by atoms with Gasteiger partial charge in [0.15, 0.2) is 12.4 Å². The van der Waals surface area contributed by atoms with Crippen molar-refractivity contribution in [3.63, 3.8) is 0 Å². The van der Waals surface area contributed by atoms with Gasteiger partial charge in [0.1, 0.15) is 6.07 Å². The van der Waals surface area contributed by atoms with Crippen molar-refractivity contribution < 1.29 is 4.57 Å². The maximum absolute atomic E-state index is 8.61. The monoisotopic (exact) mass is 195 g/mol. The average molecular weight is 195 g/mol. The summed E-state index contributed by atoms with van der Waals surface area (Å²) in [4.78, 5) is 0. The lowest BCUT2D eigenvalue weighted by Gasteiger charge is -1.98. The molecule has 1 aromatic heterocycles. The second-order valence-electron chi connectivity index (χ2n) is 3.29. The third-order valence-electron chi connectivity index (χ3n) is 2.22. The van der Waals surface area contributed by atoms with E-state index in [9.17, 15) is 0 Å². The number of benzene rings is 1. The molecule has 2 aromatic rings. The molecule has 0 bridgehead atoms. The highest BCUT2D eigenvalue weighted by molar-refractivity contribution is 5.61. The van der Waals surface area contributed by atoms with Crippen molar-refractivity contribution in [2.24, 2.45) is 0 Å². The van der Waals surface area contributed by atoms with Crippen molar-refractivity contribution >= 4 is 0 Å². The second kappa shape index (κ2) is 4.39. The van der Waals surface area contributed by atoms with Gasteiger partial charge >= 0.3 is 0 Å². The van der Waals surface area contributed by atoms with Crippen LogP contribution in [0.3, 0.4) is 0 Å². The van der Waals surface area contributed by atoms with E-state index in [4.69, 9.17) is 5.26 Å². The van der Waals surface area contributed by atoms with Gasteiger partial charge in [-0.1, -0.05) is 30.3 Å². The topological polar surface area (TPSA) is 27.7 Å². The highest BCUT2D eigenvalue weighted by Gasteiger charge is 2.02. The molecule has 0 saturated heterocycles. The Bertz CT molecular complexity index is 483. The van der Waals surface area contributed by atoms with Crippen LogP contribution in [0.25, 0.3) is 11.1 Å².